The molecule has 5 nitrogen and oxygen atoms in total. The number of rotatable bonds is 7. The van der Waals surface area contributed by atoms with Crippen molar-refractivity contribution in [2.45, 2.75) is 13.3 Å². The first-order chi connectivity index (χ1) is 8.65. The molecule has 0 heterocycles. The summed E-state index contributed by atoms with van der Waals surface area (Å²) in [5, 5.41) is 5.95. The van der Waals surface area contributed by atoms with Gasteiger partial charge in [0, 0.05) is 24.2 Å². The van der Waals surface area contributed by atoms with Gasteiger partial charge in [0.05, 0.1) is 0 Å². The Morgan fingerprint density at radius 2 is 1.89 bits per heavy atom. The van der Waals surface area contributed by atoms with Crippen molar-refractivity contribution in [1.82, 2.24) is 10.6 Å². The second-order valence-corrected chi connectivity index (χ2v) is 3.95. The molecule has 0 saturated heterocycles. The Hall–Kier alpha value is -1.88. The molecule has 2 amide bonds. The second-order valence-electron chi connectivity index (χ2n) is 3.95. The summed E-state index contributed by atoms with van der Waals surface area (Å²) in [6.07, 6.45) is 1.06. The standard InChI is InChI=1S/C13H19N3O2/c1-2-6-15-7-8-16-13(18)11-5-3-4-10(9-11)12(14)17/h3-5,9,15H,2,6-8H2,1H3,(H2,14,17)(H,16,18). The minimum atomic E-state index is -0.533. The van der Waals surface area contributed by atoms with Gasteiger partial charge in [0.1, 0.15) is 0 Å². The Bertz CT molecular complexity index is 418. The fourth-order valence-electron chi connectivity index (χ4n) is 1.48. The molecular formula is C13H19N3O2. The van der Waals surface area contributed by atoms with E-state index < -0.39 is 5.91 Å². The summed E-state index contributed by atoms with van der Waals surface area (Å²) < 4.78 is 0. The Balaban J connectivity index is 2.46. The quantitative estimate of drug-likeness (QED) is 0.616. The molecule has 18 heavy (non-hydrogen) atoms. The van der Waals surface area contributed by atoms with Crippen LogP contribution in [0.4, 0.5) is 0 Å². The van der Waals surface area contributed by atoms with Gasteiger partial charge in [0.2, 0.25) is 5.91 Å². The SMILES string of the molecule is CCCNCCNC(=O)c1cccc(C(N)=O)c1. The molecule has 0 aliphatic carbocycles. The predicted octanol–water partition coefficient (Wildman–Crippen LogP) is 0.515. The number of nitrogens with two attached hydrogens (primary N) is 1. The van der Waals surface area contributed by atoms with E-state index in [1.54, 1.807) is 18.2 Å². The molecule has 0 bridgehead atoms. The maximum absolute atomic E-state index is 11.8. The summed E-state index contributed by atoms with van der Waals surface area (Å²) in [5.41, 5.74) is 5.94. The zero-order valence-electron chi connectivity index (χ0n) is 10.5. The summed E-state index contributed by atoms with van der Waals surface area (Å²) in [7, 11) is 0. The first kappa shape index (κ1) is 14.2. The highest BCUT2D eigenvalue weighted by molar-refractivity contribution is 5.99. The zero-order chi connectivity index (χ0) is 13.4. The van der Waals surface area contributed by atoms with Crippen LogP contribution in [0.1, 0.15) is 34.1 Å². The number of carbonyl (C=O) groups is 2. The van der Waals surface area contributed by atoms with Crippen LogP contribution in [-0.2, 0) is 0 Å². The largest absolute Gasteiger partial charge is 0.366 e. The van der Waals surface area contributed by atoms with Gasteiger partial charge in [0.25, 0.3) is 5.91 Å². The van der Waals surface area contributed by atoms with Crippen LogP contribution in [0.5, 0.6) is 0 Å². The van der Waals surface area contributed by atoms with Gasteiger partial charge in [-0.1, -0.05) is 13.0 Å². The number of nitrogens with one attached hydrogen (secondary N) is 2. The lowest BCUT2D eigenvalue weighted by atomic mass is 10.1. The van der Waals surface area contributed by atoms with Crippen molar-refractivity contribution < 1.29 is 9.59 Å². The van der Waals surface area contributed by atoms with E-state index in [2.05, 4.69) is 17.6 Å². The number of primary amides is 1. The molecule has 0 atom stereocenters. The lowest BCUT2D eigenvalue weighted by molar-refractivity contribution is 0.0954. The van der Waals surface area contributed by atoms with Gasteiger partial charge in [-0.05, 0) is 31.2 Å². The third-order valence-electron chi connectivity index (χ3n) is 2.42. The van der Waals surface area contributed by atoms with Gasteiger partial charge < -0.3 is 16.4 Å². The Labute approximate surface area is 107 Å². The Morgan fingerprint density at radius 3 is 2.56 bits per heavy atom. The maximum Gasteiger partial charge on any atom is 0.251 e. The highest BCUT2D eigenvalue weighted by Crippen LogP contribution is 2.04. The van der Waals surface area contributed by atoms with E-state index in [0.717, 1.165) is 19.5 Å². The molecule has 1 rings (SSSR count). The molecule has 0 saturated carbocycles. The predicted molar refractivity (Wildman–Crippen MR) is 70.5 cm³/mol. The van der Waals surface area contributed by atoms with E-state index in [9.17, 15) is 9.59 Å². The molecule has 0 aliphatic rings. The molecule has 0 aromatic heterocycles. The fraction of sp³-hybridized carbons (Fsp3) is 0.385. The van der Waals surface area contributed by atoms with E-state index in [0.29, 0.717) is 17.7 Å². The van der Waals surface area contributed by atoms with Crippen molar-refractivity contribution in [2.24, 2.45) is 5.73 Å². The van der Waals surface area contributed by atoms with E-state index >= 15 is 0 Å². The second kappa shape index (κ2) is 7.45. The van der Waals surface area contributed by atoms with Crippen molar-refractivity contribution in [2.75, 3.05) is 19.6 Å². The lowest BCUT2D eigenvalue weighted by Gasteiger charge is -2.06. The molecule has 0 unspecified atom stereocenters. The molecular weight excluding hydrogens is 230 g/mol. The lowest BCUT2D eigenvalue weighted by Crippen LogP contribution is -2.32. The van der Waals surface area contributed by atoms with Crippen molar-refractivity contribution >= 4 is 11.8 Å². The van der Waals surface area contributed by atoms with E-state index in [1.807, 2.05) is 0 Å². The van der Waals surface area contributed by atoms with Crippen LogP contribution in [0.3, 0.4) is 0 Å². The highest BCUT2D eigenvalue weighted by Gasteiger charge is 2.07. The topological polar surface area (TPSA) is 84.2 Å². The normalized spacial score (nSPS) is 10.1. The first-order valence-corrected chi connectivity index (χ1v) is 6.04. The molecule has 1 aromatic carbocycles. The summed E-state index contributed by atoms with van der Waals surface area (Å²) in [6, 6.07) is 6.38. The summed E-state index contributed by atoms with van der Waals surface area (Å²) in [4.78, 5) is 22.7. The molecule has 98 valence electrons. The molecule has 0 radical (unpaired) electrons. The monoisotopic (exact) mass is 249 g/mol. The third-order valence-corrected chi connectivity index (χ3v) is 2.42. The van der Waals surface area contributed by atoms with E-state index in [4.69, 9.17) is 5.73 Å². The Morgan fingerprint density at radius 1 is 1.17 bits per heavy atom. The van der Waals surface area contributed by atoms with Gasteiger partial charge in [0.15, 0.2) is 0 Å². The van der Waals surface area contributed by atoms with Crippen LogP contribution in [0, 0.1) is 0 Å². The Kier molecular flexibility index (Phi) is 5.87. The van der Waals surface area contributed by atoms with Crippen molar-refractivity contribution in [3.63, 3.8) is 0 Å². The van der Waals surface area contributed by atoms with Gasteiger partial charge >= 0.3 is 0 Å². The smallest absolute Gasteiger partial charge is 0.251 e. The molecule has 0 aliphatic heterocycles. The molecule has 5 heteroatoms. The highest BCUT2D eigenvalue weighted by atomic mass is 16.2. The molecule has 0 spiro atoms. The minimum Gasteiger partial charge on any atom is -0.366 e. The average Bonchev–Trinajstić information content (AvgIpc) is 2.38. The summed E-state index contributed by atoms with van der Waals surface area (Å²) in [6.45, 7) is 4.31. The molecule has 4 N–H and O–H groups in total. The van der Waals surface area contributed by atoms with E-state index in [-0.39, 0.29) is 5.91 Å². The number of benzene rings is 1. The average molecular weight is 249 g/mol. The van der Waals surface area contributed by atoms with Crippen LogP contribution in [0.2, 0.25) is 0 Å². The van der Waals surface area contributed by atoms with Gasteiger partial charge in [-0.3, -0.25) is 9.59 Å². The molecule has 0 fully saturated rings. The van der Waals surface area contributed by atoms with Crippen LogP contribution in [-0.4, -0.2) is 31.4 Å². The number of carbonyl (C=O) groups excluding carboxylic acids is 2. The fourth-order valence-corrected chi connectivity index (χ4v) is 1.48. The van der Waals surface area contributed by atoms with Crippen LogP contribution >= 0.6 is 0 Å². The van der Waals surface area contributed by atoms with Gasteiger partial charge in [-0.2, -0.15) is 0 Å². The van der Waals surface area contributed by atoms with Gasteiger partial charge in [-0.25, -0.2) is 0 Å². The number of hydrogen-bond acceptors (Lipinski definition) is 3. The van der Waals surface area contributed by atoms with Crippen molar-refractivity contribution in [3.05, 3.63) is 35.4 Å². The van der Waals surface area contributed by atoms with Crippen molar-refractivity contribution in [3.8, 4) is 0 Å². The van der Waals surface area contributed by atoms with E-state index in [1.165, 1.54) is 6.07 Å². The molecule has 1 aromatic rings. The summed E-state index contributed by atoms with van der Waals surface area (Å²) >= 11 is 0. The van der Waals surface area contributed by atoms with Crippen LogP contribution < -0.4 is 16.4 Å². The van der Waals surface area contributed by atoms with Crippen LogP contribution in [0.15, 0.2) is 24.3 Å². The van der Waals surface area contributed by atoms with Crippen LogP contribution in [0.25, 0.3) is 0 Å². The minimum absolute atomic E-state index is 0.198. The zero-order valence-corrected chi connectivity index (χ0v) is 10.5. The first-order valence-electron chi connectivity index (χ1n) is 6.04. The number of amides is 2. The van der Waals surface area contributed by atoms with Crippen molar-refractivity contribution in [1.29, 1.82) is 0 Å². The maximum atomic E-state index is 11.8. The van der Waals surface area contributed by atoms with Gasteiger partial charge in [-0.15, -0.1) is 0 Å². The number of hydrogen-bond donors (Lipinski definition) is 3. The third kappa shape index (κ3) is 4.55. The summed E-state index contributed by atoms with van der Waals surface area (Å²) in [5.74, 6) is -0.731.